The van der Waals surface area contributed by atoms with Gasteiger partial charge in [-0.25, -0.2) is 9.97 Å². The van der Waals surface area contributed by atoms with Gasteiger partial charge < -0.3 is 10.2 Å². The average molecular weight is 320 g/mol. The van der Waals surface area contributed by atoms with Crippen molar-refractivity contribution < 1.29 is 0 Å². The zero-order valence-corrected chi connectivity index (χ0v) is 14.0. The highest BCUT2D eigenvalue weighted by atomic mass is 15.3. The normalized spacial score (nSPS) is 14.3. The fourth-order valence-corrected chi connectivity index (χ4v) is 3.00. The third kappa shape index (κ3) is 2.75. The van der Waals surface area contributed by atoms with Gasteiger partial charge in [0.2, 0.25) is 5.95 Å². The first kappa shape index (κ1) is 14.8. The van der Waals surface area contributed by atoms with Crippen molar-refractivity contribution >= 4 is 28.6 Å². The number of rotatable bonds is 3. The number of fused-ring (bicyclic) bond motifs is 1. The molecule has 3 aromatic rings. The van der Waals surface area contributed by atoms with Gasteiger partial charge >= 0.3 is 0 Å². The van der Waals surface area contributed by atoms with Gasteiger partial charge in [0.25, 0.3) is 0 Å². The minimum Gasteiger partial charge on any atom is -0.341 e. The second-order valence-corrected chi connectivity index (χ2v) is 6.24. The third-order valence-corrected chi connectivity index (χ3v) is 4.36. The predicted molar refractivity (Wildman–Crippen MR) is 95.8 cm³/mol. The van der Waals surface area contributed by atoms with E-state index in [9.17, 15) is 0 Å². The highest BCUT2D eigenvalue weighted by molar-refractivity contribution is 5.86. The van der Waals surface area contributed by atoms with Crippen molar-refractivity contribution in [3.8, 4) is 0 Å². The Morgan fingerprint density at radius 1 is 1.00 bits per heavy atom. The molecule has 0 saturated carbocycles. The van der Waals surface area contributed by atoms with Crippen molar-refractivity contribution in [2.75, 3.05) is 23.3 Å². The Balaban J connectivity index is 1.81. The van der Waals surface area contributed by atoms with Crippen LogP contribution in [0.2, 0.25) is 0 Å². The summed E-state index contributed by atoms with van der Waals surface area (Å²) in [4.78, 5) is 20.4. The molecule has 4 rings (SSSR count). The zero-order valence-electron chi connectivity index (χ0n) is 14.0. The number of nitrogens with zero attached hydrogens (tertiary/aromatic N) is 5. The van der Waals surface area contributed by atoms with Crippen LogP contribution in [0.4, 0.5) is 17.5 Å². The van der Waals surface area contributed by atoms with Gasteiger partial charge in [0.05, 0.1) is 0 Å². The fraction of sp³-hybridized carbons (Fsp3) is 0.333. The summed E-state index contributed by atoms with van der Waals surface area (Å²) in [6.45, 7) is 6.15. The number of aromatic nitrogens is 4. The molecule has 2 aromatic heterocycles. The van der Waals surface area contributed by atoms with E-state index in [1.165, 1.54) is 24.0 Å². The first-order valence-corrected chi connectivity index (χ1v) is 8.29. The lowest BCUT2D eigenvalue weighted by atomic mass is 10.1. The molecule has 6 nitrogen and oxygen atoms in total. The molecular weight excluding hydrogens is 300 g/mol. The van der Waals surface area contributed by atoms with Crippen molar-refractivity contribution in [2.45, 2.75) is 26.7 Å². The van der Waals surface area contributed by atoms with Crippen molar-refractivity contribution in [1.29, 1.82) is 0 Å². The average Bonchev–Trinajstić information content (AvgIpc) is 3.13. The van der Waals surface area contributed by atoms with E-state index in [0.717, 1.165) is 24.7 Å². The number of benzene rings is 1. The van der Waals surface area contributed by atoms with E-state index in [1.807, 2.05) is 0 Å². The Kier molecular flexibility index (Phi) is 3.72. The first-order valence-electron chi connectivity index (χ1n) is 8.29. The molecule has 24 heavy (non-hydrogen) atoms. The summed E-state index contributed by atoms with van der Waals surface area (Å²) in [6, 6.07) is 6.33. The standard InChI is InChI=1S/C18H20N6/c1-12-5-6-13(2)14(11-12)21-17-15-16(20-8-7-19-15)22-18(23-17)24-9-3-4-10-24/h5-8,11H,3-4,9-10H2,1-2H3,(H,20,21,22,23). The lowest BCUT2D eigenvalue weighted by molar-refractivity contribution is 0.904. The molecule has 122 valence electrons. The molecule has 0 bridgehead atoms. The van der Waals surface area contributed by atoms with E-state index in [0.29, 0.717) is 17.0 Å². The quantitative estimate of drug-likeness (QED) is 0.798. The molecule has 1 aliphatic heterocycles. The maximum absolute atomic E-state index is 4.75. The van der Waals surface area contributed by atoms with Crippen LogP contribution in [0.1, 0.15) is 24.0 Å². The van der Waals surface area contributed by atoms with E-state index >= 15 is 0 Å². The molecule has 0 amide bonds. The maximum Gasteiger partial charge on any atom is 0.229 e. The Morgan fingerprint density at radius 2 is 1.79 bits per heavy atom. The van der Waals surface area contributed by atoms with Gasteiger partial charge in [0, 0.05) is 31.2 Å². The fourth-order valence-electron chi connectivity index (χ4n) is 3.00. The second kappa shape index (κ2) is 6.03. The molecule has 0 spiro atoms. The van der Waals surface area contributed by atoms with Gasteiger partial charge in [0.15, 0.2) is 17.0 Å². The van der Waals surface area contributed by atoms with E-state index in [-0.39, 0.29) is 0 Å². The van der Waals surface area contributed by atoms with Crippen LogP contribution in [0.5, 0.6) is 0 Å². The molecule has 6 heteroatoms. The van der Waals surface area contributed by atoms with Crippen LogP contribution >= 0.6 is 0 Å². The molecular formula is C18H20N6. The summed E-state index contributed by atoms with van der Waals surface area (Å²) >= 11 is 0. The highest BCUT2D eigenvalue weighted by Crippen LogP contribution is 2.27. The molecule has 1 aromatic carbocycles. The van der Waals surface area contributed by atoms with Crippen LogP contribution in [0.3, 0.4) is 0 Å². The predicted octanol–water partition coefficient (Wildman–Crippen LogP) is 3.38. The summed E-state index contributed by atoms with van der Waals surface area (Å²) in [5.74, 6) is 1.44. The SMILES string of the molecule is Cc1ccc(C)c(Nc2nc(N3CCCC3)nc3nccnc23)c1. The first-order chi connectivity index (χ1) is 11.7. The molecule has 0 atom stereocenters. The Hall–Kier alpha value is -2.76. The summed E-state index contributed by atoms with van der Waals surface area (Å²) in [5.41, 5.74) is 4.72. The van der Waals surface area contributed by atoms with Gasteiger partial charge in [0.1, 0.15) is 0 Å². The summed E-state index contributed by atoms with van der Waals surface area (Å²) < 4.78 is 0. The van der Waals surface area contributed by atoms with Gasteiger partial charge in [-0.05, 0) is 43.9 Å². The second-order valence-electron chi connectivity index (χ2n) is 6.24. The largest absolute Gasteiger partial charge is 0.341 e. The van der Waals surface area contributed by atoms with Crippen molar-refractivity contribution in [2.24, 2.45) is 0 Å². The lowest BCUT2D eigenvalue weighted by Gasteiger charge is -2.17. The topological polar surface area (TPSA) is 66.8 Å². The van der Waals surface area contributed by atoms with E-state index in [1.54, 1.807) is 12.4 Å². The molecule has 0 unspecified atom stereocenters. The summed E-state index contributed by atoms with van der Waals surface area (Å²) in [5, 5.41) is 3.44. The third-order valence-electron chi connectivity index (χ3n) is 4.36. The minimum absolute atomic E-state index is 0.627. The molecule has 3 heterocycles. The number of hydrogen-bond acceptors (Lipinski definition) is 6. The molecule has 0 aliphatic carbocycles. The number of nitrogens with one attached hydrogen (secondary N) is 1. The van der Waals surface area contributed by atoms with Crippen LogP contribution in [0, 0.1) is 13.8 Å². The molecule has 1 aliphatic rings. The van der Waals surface area contributed by atoms with E-state index in [2.05, 4.69) is 57.2 Å². The number of aryl methyl sites for hydroxylation is 2. The Morgan fingerprint density at radius 3 is 2.62 bits per heavy atom. The minimum atomic E-state index is 0.627. The van der Waals surface area contributed by atoms with Crippen LogP contribution in [-0.4, -0.2) is 33.0 Å². The number of anilines is 3. The van der Waals surface area contributed by atoms with Gasteiger partial charge in [-0.3, -0.25) is 0 Å². The van der Waals surface area contributed by atoms with E-state index in [4.69, 9.17) is 4.98 Å². The van der Waals surface area contributed by atoms with Crippen molar-refractivity contribution in [1.82, 2.24) is 19.9 Å². The van der Waals surface area contributed by atoms with Crippen LogP contribution < -0.4 is 10.2 Å². The summed E-state index contributed by atoms with van der Waals surface area (Å²) in [6.07, 6.45) is 5.71. The number of hydrogen-bond donors (Lipinski definition) is 1. The maximum atomic E-state index is 4.75. The zero-order chi connectivity index (χ0) is 16.5. The lowest BCUT2D eigenvalue weighted by Crippen LogP contribution is -2.21. The molecule has 1 saturated heterocycles. The molecule has 0 radical (unpaired) electrons. The monoisotopic (exact) mass is 320 g/mol. The molecule has 1 N–H and O–H groups in total. The smallest absolute Gasteiger partial charge is 0.229 e. The van der Waals surface area contributed by atoms with Crippen LogP contribution in [0.25, 0.3) is 11.2 Å². The van der Waals surface area contributed by atoms with Crippen molar-refractivity contribution in [3.63, 3.8) is 0 Å². The van der Waals surface area contributed by atoms with Gasteiger partial charge in [-0.2, -0.15) is 9.97 Å². The van der Waals surface area contributed by atoms with Crippen LogP contribution in [-0.2, 0) is 0 Å². The highest BCUT2D eigenvalue weighted by Gasteiger charge is 2.18. The van der Waals surface area contributed by atoms with E-state index < -0.39 is 0 Å². The van der Waals surface area contributed by atoms with Gasteiger partial charge in [-0.1, -0.05) is 12.1 Å². The summed E-state index contributed by atoms with van der Waals surface area (Å²) in [7, 11) is 0. The van der Waals surface area contributed by atoms with Crippen molar-refractivity contribution in [3.05, 3.63) is 41.7 Å². The van der Waals surface area contributed by atoms with Gasteiger partial charge in [-0.15, -0.1) is 0 Å². The Labute approximate surface area is 141 Å². The molecule has 1 fully saturated rings. The Bertz CT molecular complexity index is 886. The van der Waals surface area contributed by atoms with Crippen LogP contribution in [0.15, 0.2) is 30.6 Å².